The van der Waals surface area contributed by atoms with Crippen LogP contribution in [0.25, 0.3) is 22.3 Å². The first kappa shape index (κ1) is 23.7. The number of aromatic amines is 1. The molecule has 0 radical (unpaired) electrons. The molecule has 0 aliphatic carbocycles. The van der Waals surface area contributed by atoms with Crippen LogP contribution in [0.4, 0.5) is 5.82 Å². The molecular weight excluding hydrogens is 344 g/mol. The second-order valence-corrected chi connectivity index (χ2v) is 7.47. The van der Waals surface area contributed by atoms with Crippen molar-refractivity contribution in [1.82, 2.24) is 15.0 Å². The number of aryl methyl sites for hydroxylation is 2. The second-order valence-electron chi connectivity index (χ2n) is 7.47. The Morgan fingerprint density at radius 3 is 2.11 bits per heavy atom. The highest BCUT2D eigenvalue weighted by atomic mass is 15.0. The number of nitrogens with one attached hydrogen (secondary N) is 2. The topological polar surface area (TPSA) is 53.6 Å². The van der Waals surface area contributed by atoms with Gasteiger partial charge in [0.25, 0.3) is 0 Å². The van der Waals surface area contributed by atoms with Crippen LogP contribution in [-0.2, 0) is 0 Å². The fourth-order valence-electron chi connectivity index (χ4n) is 2.73. The van der Waals surface area contributed by atoms with Crippen LogP contribution in [0, 0.1) is 13.8 Å². The summed E-state index contributed by atoms with van der Waals surface area (Å²) in [6.07, 6.45) is 4.50. The van der Waals surface area contributed by atoms with Crippen LogP contribution in [0.15, 0.2) is 24.4 Å². The van der Waals surface area contributed by atoms with E-state index in [-0.39, 0.29) is 0 Å². The van der Waals surface area contributed by atoms with Crippen LogP contribution in [-0.4, -0.2) is 22.0 Å². The molecule has 2 N–H and O–H groups in total. The molecule has 0 saturated heterocycles. The van der Waals surface area contributed by atoms with Gasteiger partial charge in [-0.25, -0.2) is 9.97 Å². The standard InChI is InChI=1S/C18H22N4.2C3H8/c1-10(2)14-7-6-13(18(19-5)21-14)16-11(3)8-15-17(22-16)12(4)9-20-15;2*1-3-2/h6-10,20H,1-5H3,(H,19,21);2*3H2,1-2H3. The van der Waals surface area contributed by atoms with Gasteiger partial charge < -0.3 is 10.3 Å². The summed E-state index contributed by atoms with van der Waals surface area (Å²) in [5, 5.41) is 3.21. The molecule has 3 heterocycles. The molecule has 0 spiro atoms. The summed E-state index contributed by atoms with van der Waals surface area (Å²) in [6, 6.07) is 6.37. The van der Waals surface area contributed by atoms with E-state index in [1.54, 1.807) is 0 Å². The number of fused-ring (bicyclic) bond motifs is 1. The highest BCUT2D eigenvalue weighted by Gasteiger charge is 2.14. The average molecular weight is 383 g/mol. The molecule has 0 aromatic carbocycles. The molecule has 0 saturated carbocycles. The molecule has 28 heavy (non-hydrogen) atoms. The van der Waals surface area contributed by atoms with Crippen molar-refractivity contribution in [2.45, 2.75) is 74.1 Å². The lowest BCUT2D eigenvalue weighted by molar-refractivity contribution is 0.824. The molecule has 0 aliphatic rings. The molecule has 4 nitrogen and oxygen atoms in total. The minimum absolute atomic E-state index is 0.407. The van der Waals surface area contributed by atoms with Gasteiger partial charge in [-0.15, -0.1) is 0 Å². The predicted molar refractivity (Wildman–Crippen MR) is 124 cm³/mol. The summed E-state index contributed by atoms with van der Waals surface area (Å²) in [7, 11) is 1.91. The van der Waals surface area contributed by atoms with Crippen molar-refractivity contribution >= 4 is 16.9 Å². The third-order valence-electron chi connectivity index (χ3n) is 4.03. The number of hydrogen-bond acceptors (Lipinski definition) is 3. The zero-order valence-electron chi connectivity index (χ0n) is 19.2. The minimum atomic E-state index is 0.407. The summed E-state index contributed by atoms with van der Waals surface area (Å²) in [4.78, 5) is 12.9. The van der Waals surface area contributed by atoms with E-state index >= 15 is 0 Å². The van der Waals surface area contributed by atoms with Crippen LogP contribution in [0.3, 0.4) is 0 Å². The lowest BCUT2D eigenvalue weighted by atomic mass is 10.0. The Morgan fingerprint density at radius 2 is 1.57 bits per heavy atom. The zero-order valence-corrected chi connectivity index (χ0v) is 19.2. The lowest BCUT2D eigenvalue weighted by Gasteiger charge is -2.13. The molecule has 154 valence electrons. The first-order chi connectivity index (χ1) is 13.3. The summed E-state index contributed by atoms with van der Waals surface area (Å²) >= 11 is 0. The van der Waals surface area contributed by atoms with Crippen molar-refractivity contribution in [2.24, 2.45) is 0 Å². The monoisotopic (exact) mass is 382 g/mol. The summed E-state index contributed by atoms with van der Waals surface area (Å²) in [6.45, 7) is 17.0. The second kappa shape index (κ2) is 11.5. The summed E-state index contributed by atoms with van der Waals surface area (Å²) in [5.74, 6) is 1.29. The van der Waals surface area contributed by atoms with Gasteiger partial charge in [0, 0.05) is 24.5 Å². The fraction of sp³-hybridized carbons (Fsp3) is 0.500. The van der Waals surface area contributed by atoms with Crippen molar-refractivity contribution in [3.05, 3.63) is 41.2 Å². The van der Waals surface area contributed by atoms with Gasteiger partial charge >= 0.3 is 0 Å². The van der Waals surface area contributed by atoms with Gasteiger partial charge in [0.05, 0.1) is 16.7 Å². The van der Waals surface area contributed by atoms with Crippen molar-refractivity contribution < 1.29 is 0 Å². The van der Waals surface area contributed by atoms with Crippen LogP contribution in [0.1, 0.15) is 77.1 Å². The Bertz CT molecular complexity index is 860. The van der Waals surface area contributed by atoms with Gasteiger partial charge in [-0.2, -0.15) is 0 Å². The normalized spacial score (nSPS) is 10.2. The number of H-pyrrole nitrogens is 1. The molecule has 0 aliphatic heterocycles. The van der Waals surface area contributed by atoms with Crippen molar-refractivity contribution in [2.75, 3.05) is 12.4 Å². The summed E-state index contributed by atoms with van der Waals surface area (Å²) < 4.78 is 0. The van der Waals surface area contributed by atoms with Gasteiger partial charge in [0.2, 0.25) is 0 Å². The van der Waals surface area contributed by atoms with E-state index < -0.39 is 0 Å². The first-order valence-corrected chi connectivity index (χ1v) is 10.5. The molecule has 0 bridgehead atoms. The van der Waals surface area contributed by atoms with Crippen LogP contribution >= 0.6 is 0 Å². The quantitative estimate of drug-likeness (QED) is 0.502. The smallest absolute Gasteiger partial charge is 0.135 e. The van der Waals surface area contributed by atoms with Crippen LogP contribution < -0.4 is 5.32 Å². The third-order valence-corrected chi connectivity index (χ3v) is 4.03. The fourth-order valence-corrected chi connectivity index (χ4v) is 2.73. The molecule has 3 aromatic rings. The maximum absolute atomic E-state index is 4.88. The highest BCUT2D eigenvalue weighted by Crippen LogP contribution is 2.31. The number of nitrogens with zero attached hydrogens (tertiary/aromatic N) is 2. The van der Waals surface area contributed by atoms with E-state index in [4.69, 9.17) is 9.97 Å². The van der Waals surface area contributed by atoms with Crippen LogP contribution in [0.2, 0.25) is 0 Å². The number of hydrogen-bond donors (Lipinski definition) is 2. The van der Waals surface area contributed by atoms with Gasteiger partial charge in [-0.05, 0) is 49.1 Å². The molecule has 3 aromatic heterocycles. The Kier molecular flexibility index (Phi) is 9.70. The molecule has 0 unspecified atom stereocenters. The maximum Gasteiger partial charge on any atom is 0.135 e. The third kappa shape index (κ3) is 5.82. The molecule has 4 heteroatoms. The van der Waals surface area contributed by atoms with Gasteiger partial charge in [-0.3, -0.25) is 0 Å². The van der Waals surface area contributed by atoms with Crippen molar-refractivity contribution in [3.8, 4) is 11.3 Å². The lowest BCUT2D eigenvalue weighted by Crippen LogP contribution is -2.02. The van der Waals surface area contributed by atoms with Gasteiger partial charge in [0.15, 0.2) is 0 Å². The number of rotatable bonds is 3. The van der Waals surface area contributed by atoms with Crippen LogP contribution in [0.5, 0.6) is 0 Å². The first-order valence-electron chi connectivity index (χ1n) is 10.5. The average Bonchev–Trinajstić information content (AvgIpc) is 3.01. The predicted octanol–water partition coefficient (Wildman–Crippen LogP) is 7.24. The minimum Gasteiger partial charge on any atom is -0.373 e. The Morgan fingerprint density at radius 1 is 0.964 bits per heavy atom. The molecule has 3 rings (SSSR count). The van der Waals surface area contributed by atoms with E-state index in [0.29, 0.717) is 5.92 Å². The SMILES string of the molecule is CCC.CCC.CNc1nc(C(C)C)ccc1-c1nc2c(C)c[nH]c2cc1C. The number of anilines is 1. The molecule has 0 amide bonds. The van der Waals surface area contributed by atoms with E-state index in [1.165, 1.54) is 12.8 Å². The van der Waals surface area contributed by atoms with Crippen molar-refractivity contribution in [3.63, 3.8) is 0 Å². The van der Waals surface area contributed by atoms with Crippen molar-refractivity contribution in [1.29, 1.82) is 0 Å². The van der Waals surface area contributed by atoms with E-state index in [2.05, 4.69) is 83.9 Å². The molecule has 0 fully saturated rings. The largest absolute Gasteiger partial charge is 0.373 e. The molecule has 0 atom stereocenters. The Hall–Kier alpha value is -2.36. The zero-order chi connectivity index (χ0) is 21.3. The Labute approximate surface area is 171 Å². The number of pyridine rings is 2. The van der Waals surface area contributed by atoms with Gasteiger partial charge in [-0.1, -0.05) is 54.4 Å². The van der Waals surface area contributed by atoms with E-state index in [1.807, 2.05) is 13.2 Å². The molecular formula is C24H38N4. The maximum atomic E-state index is 4.88. The van der Waals surface area contributed by atoms with E-state index in [0.717, 1.165) is 44.9 Å². The van der Waals surface area contributed by atoms with Gasteiger partial charge in [0.1, 0.15) is 5.82 Å². The number of aromatic nitrogens is 3. The Balaban J connectivity index is 0.000000582. The highest BCUT2D eigenvalue weighted by molar-refractivity contribution is 5.85. The van der Waals surface area contributed by atoms with E-state index in [9.17, 15) is 0 Å². The summed E-state index contributed by atoms with van der Waals surface area (Å²) in [5.41, 5.74) is 7.53.